The fourth-order valence-corrected chi connectivity index (χ4v) is 6.76. The smallest absolute Gasteiger partial charge is 0.256 e. The maximum absolute atomic E-state index is 13.3. The highest BCUT2D eigenvalue weighted by molar-refractivity contribution is 5.97. The van der Waals surface area contributed by atoms with Crippen LogP contribution >= 0.6 is 0 Å². The summed E-state index contributed by atoms with van der Waals surface area (Å²) in [5.74, 6) is 1.33. The minimum atomic E-state index is -0.316. The molecule has 1 amide bonds. The van der Waals surface area contributed by atoms with Gasteiger partial charge in [0, 0.05) is 48.0 Å². The average Bonchev–Trinajstić information content (AvgIpc) is 3.13. The number of amides is 1. The fourth-order valence-electron chi connectivity index (χ4n) is 6.76. The molecule has 2 heterocycles. The Bertz CT molecular complexity index is 1930. The number of hydrogen-bond acceptors (Lipinski definition) is 6. The highest BCUT2D eigenvalue weighted by Gasteiger charge is 2.19. The van der Waals surface area contributed by atoms with Gasteiger partial charge in [0.15, 0.2) is 0 Å². The monoisotopic (exact) mass is 646 g/mol. The van der Waals surface area contributed by atoms with Gasteiger partial charge >= 0.3 is 0 Å². The number of unbranched alkanes of at least 4 members (excludes halogenated alkanes) is 5. The zero-order valence-corrected chi connectivity index (χ0v) is 28.1. The van der Waals surface area contributed by atoms with E-state index in [4.69, 9.17) is 14.5 Å². The number of fused-ring (bicyclic) bond motifs is 3. The fraction of sp³-hybridized carbons (Fsp3) is 0.375. The van der Waals surface area contributed by atoms with E-state index in [0.29, 0.717) is 18.5 Å². The molecule has 0 saturated heterocycles. The molecule has 8 nitrogen and oxygen atoms in total. The van der Waals surface area contributed by atoms with Crippen molar-refractivity contribution in [2.24, 2.45) is 0 Å². The summed E-state index contributed by atoms with van der Waals surface area (Å²) in [6, 6.07) is 21.4. The summed E-state index contributed by atoms with van der Waals surface area (Å²) in [5, 5.41) is 8.46. The third-order valence-corrected chi connectivity index (χ3v) is 9.40. The number of methoxy groups -OCH3 is 2. The quantitative estimate of drug-likeness (QED) is 0.113. The molecule has 0 aliphatic heterocycles. The molecular weight excluding hydrogens is 600 g/mol. The highest BCUT2D eigenvalue weighted by atomic mass is 16.5. The molecule has 5 aromatic rings. The van der Waals surface area contributed by atoms with E-state index in [1.165, 1.54) is 29.8 Å². The highest BCUT2D eigenvalue weighted by Crippen LogP contribution is 2.35. The minimum Gasteiger partial charge on any atom is -0.497 e. The molecule has 0 fully saturated rings. The minimum absolute atomic E-state index is 0.177. The number of benzene rings is 3. The molecule has 6 rings (SSSR count). The standard InChI is InChI=1S/C40H46N4O4/c1-47-29-19-17-28(18-20-29)26-44-27-34(39(45)32-14-8-10-16-37(32)44)40(46)42-24-12-6-4-3-5-11-23-41-38-31-13-7-9-15-35(31)43-36-22-21-30(48-2)25-33(36)38/h8,10,14,16-22,25,27H,3-7,9,11-13,15,23-24,26H2,1-2H3,(H,41,43)(H,42,46). The molecule has 1 aliphatic rings. The number of anilines is 1. The van der Waals surface area contributed by atoms with E-state index < -0.39 is 0 Å². The van der Waals surface area contributed by atoms with Crippen LogP contribution in [0.4, 0.5) is 5.69 Å². The second-order valence-electron chi connectivity index (χ2n) is 12.7. The van der Waals surface area contributed by atoms with Gasteiger partial charge < -0.3 is 24.7 Å². The molecule has 0 unspecified atom stereocenters. The van der Waals surface area contributed by atoms with Gasteiger partial charge in [0.05, 0.1) is 25.3 Å². The first-order chi connectivity index (χ1) is 23.6. The number of carbonyl (C=O) groups is 1. The molecule has 48 heavy (non-hydrogen) atoms. The van der Waals surface area contributed by atoms with Gasteiger partial charge in [-0.3, -0.25) is 14.6 Å². The topological polar surface area (TPSA) is 94.5 Å². The van der Waals surface area contributed by atoms with Gasteiger partial charge in [0.2, 0.25) is 5.43 Å². The Morgan fingerprint density at radius 1 is 0.812 bits per heavy atom. The molecule has 3 aromatic carbocycles. The molecule has 0 saturated carbocycles. The normalized spacial score (nSPS) is 12.5. The van der Waals surface area contributed by atoms with Crippen LogP contribution in [0.5, 0.6) is 11.5 Å². The average molecular weight is 647 g/mol. The van der Waals surface area contributed by atoms with Crippen LogP contribution in [0.25, 0.3) is 21.8 Å². The summed E-state index contributed by atoms with van der Waals surface area (Å²) >= 11 is 0. The SMILES string of the molecule is COc1ccc(Cn2cc(C(=O)NCCCCCCCCNc3c4c(nc5ccc(OC)cc35)CCCC4)c(=O)c3ccccc32)cc1. The van der Waals surface area contributed by atoms with Crippen LogP contribution in [-0.2, 0) is 19.4 Å². The molecule has 250 valence electrons. The number of aromatic nitrogens is 2. The summed E-state index contributed by atoms with van der Waals surface area (Å²) in [6.07, 6.45) is 12.7. The van der Waals surface area contributed by atoms with Crippen molar-refractivity contribution in [2.45, 2.75) is 70.8 Å². The van der Waals surface area contributed by atoms with E-state index in [0.717, 1.165) is 91.4 Å². The van der Waals surface area contributed by atoms with Crippen molar-refractivity contribution in [3.63, 3.8) is 0 Å². The lowest BCUT2D eigenvalue weighted by atomic mass is 9.92. The van der Waals surface area contributed by atoms with Gasteiger partial charge in [0.1, 0.15) is 17.1 Å². The molecule has 0 bridgehead atoms. The van der Waals surface area contributed by atoms with Gasteiger partial charge in [-0.05, 0) is 92.1 Å². The number of carbonyl (C=O) groups excluding carboxylic acids is 1. The van der Waals surface area contributed by atoms with Crippen molar-refractivity contribution < 1.29 is 14.3 Å². The summed E-state index contributed by atoms with van der Waals surface area (Å²) < 4.78 is 12.8. The molecule has 0 radical (unpaired) electrons. The van der Waals surface area contributed by atoms with Crippen molar-refractivity contribution in [1.82, 2.24) is 14.9 Å². The molecule has 0 spiro atoms. The number of para-hydroxylation sites is 1. The summed E-state index contributed by atoms with van der Waals surface area (Å²) in [7, 11) is 3.35. The maximum Gasteiger partial charge on any atom is 0.256 e. The van der Waals surface area contributed by atoms with E-state index in [9.17, 15) is 9.59 Å². The third-order valence-electron chi connectivity index (χ3n) is 9.40. The molecule has 0 atom stereocenters. The number of nitrogens with zero attached hydrogens (tertiary/aromatic N) is 2. The Kier molecular flexibility index (Phi) is 10.9. The van der Waals surface area contributed by atoms with Gasteiger partial charge in [0.25, 0.3) is 5.91 Å². The maximum atomic E-state index is 13.3. The van der Waals surface area contributed by atoms with Crippen molar-refractivity contribution >= 4 is 33.4 Å². The number of rotatable bonds is 15. The predicted molar refractivity (Wildman–Crippen MR) is 194 cm³/mol. The predicted octanol–water partition coefficient (Wildman–Crippen LogP) is 7.68. The summed E-state index contributed by atoms with van der Waals surface area (Å²) in [6.45, 7) is 2.02. The number of ether oxygens (including phenoxy) is 2. The van der Waals surface area contributed by atoms with E-state index in [1.807, 2.05) is 53.1 Å². The van der Waals surface area contributed by atoms with E-state index in [-0.39, 0.29) is 16.9 Å². The second kappa shape index (κ2) is 15.8. The lowest BCUT2D eigenvalue weighted by molar-refractivity contribution is 0.0951. The zero-order chi connectivity index (χ0) is 33.3. The zero-order valence-electron chi connectivity index (χ0n) is 28.1. The first-order valence-electron chi connectivity index (χ1n) is 17.3. The number of nitrogens with one attached hydrogen (secondary N) is 2. The summed E-state index contributed by atoms with van der Waals surface area (Å²) in [4.78, 5) is 31.4. The molecule has 2 aromatic heterocycles. The van der Waals surface area contributed by atoms with E-state index in [2.05, 4.69) is 22.8 Å². The Morgan fingerprint density at radius 2 is 1.52 bits per heavy atom. The second-order valence-corrected chi connectivity index (χ2v) is 12.7. The lowest BCUT2D eigenvalue weighted by Gasteiger charge is -2.22. The van der Waals surface area contributed by atoms with Gasteiger partial charge in [-0.1, -0.05) is 49.9 Å². The Balaban J connectivity index is 0.961. The van der Waals surface area contributed by atoms with Crippen LogP contribution in [0.3, 0.4) is 0 Å². The van der Waals surface area contributed by atoms with E-state index >= 15 is 0 Å². The van der Waals surface area contributed by atoms with E-state index in [1.54, 1.807) is 26.5 Å². The molecule has 2 N–H and O–H groups in total. The number of aryl methyl sites for hydroxylation is 1. The van der Waals surface area contributed by atoms with Crippen molar-refractivity contribution in [3.05, 3.63) is 106 Å². The first kappa shape index (κ1) is 33.1. The Labute approximate surface area is 282 Å². The van der Waals surface area contributed by atoms with Crippen LogP contribution in [0.2, 0.25) is 0 Å². The van der Waals surface area contributed by atoms with Gasteiger partial charge in [-0.2, -0.15) is 0 Å². The van der Waals surface area contributed by atoms with Crippen molar-refractivity contribution in [2.75, 3.05) is 32.6 Å². The molecule has 8 heteroatoms. The molecule has 1 aliphatic carbocycles. The largest absolute Gasteiger partial charge is 0.497 e. The Hall–Kier alpha value is -4.85. The van der Waals surface area contributed by atoms with Crippen LogP contribution in [-0.4, -0.2) is 42.8 Å². The first-order valence-corrected chi connectivity index (χ1v) is 17.3. The number of pyridine rings is 2. The van der Waals surface area contributed by atoms with Crippen LogP contribution in [0.15, 0.2) is 77.7 Å². The van der Waals surface area contributed by atoms with Crippen molar-refractivity contribution in [1.29, 1.82) is 0 Å². The summed E-state index contributed by atoms with van der Waals surface area (Å²) in [5.41, 5.74) is 6.70. The van der Waals surface area contributed by atoms with Crippen LogP contribution < -0.4 is 25.5 Å². The van der Waals surface area contributed by atoms with Crippen LogP contribution in [0, 0.1) is 0 Å². The van der Waals surface area contributed by atoms with Crippen molar-refractivity contribution in [3.8, 4) is 11.5 Å². The van der Waals surface area contributed by atoms with Crippen LogP contribution in [0.1, 0.15) is 78.5 Å². The third kappa shape index (κ3) is 7.64. The number of hydrogen-bond donors (Lipinski definition) is 2. The lowest BCUT2D eigenvalue weighted by Crippen LogP contribution is -2.30. The molecular formula is C40H46N4O4. The van der Waals surface area contributed by atoms with Gasteiger partial charge in [-0.25, -0.2) is 0 Å². The Morgan fingerprint density at radius 3 is 2.31 bits per heavy atom. The van der Waals surface area contributed by atoms with Gasteiger partial charge in [-0.15, -0.1) is 0 Å².